The molecule has 0 atom stereocenters. The van der Waals surface area contributed by atoms with E-state index in [-0.39, 0.29) is 43.9 Å². The molecule has 1 heterocycles. The van der Waals surface area contributed by atoms with Crippen molar-refractivity contribution in [2.24, 2.45) is 0 Å². The first-order valence-electron chi connectivity index (χ1n) is 17.5. The van der Waals surface area contributed by atoms with Crippen LogP contribution in [0.2, 0.25) is 0 Å². The van der Waals surface area contributed by atoms with E-state index >= 15 is 0 Å². The third kappa shape index (κ3) is 4.73. The first kappa shape index (κ1) is 34.7. The minimum Gasteiger partial charge on any atom is -0.457 e. The second-order valence-electron chi connectivity index (χ2n) is 14.5. The SMILES string of the molecule is [B]c1c([B])c(N(c2ccccc2)c2ccc(-c3ccc4ccccc4c3)cc2)c([B])c2c1-c1c(c([B])c3c(oc4c([B])c([B])c([B])c([B])c43)c1[B])C2(C)C. The standard InChI is InChI=1S/C43H22B9NO/c1-43(2)29-26(34(47)41-27(31(29)44)28-33(46)36(49)37(50)39(52)42(28)54-41)25-30(43)35(48)40(38(51)32(25)45)53(23-10-4-3-5-11-23)24-16-14-20(15-17-24)22-13-12-19-8-6-7-9-21(19)18-22/h3-18H,1-2H3. The zero-order valence-corrected chi connectivity index (χ0v) is 29.8. The van der Waals surface area contributed by atoms with Crippen molar-refractivity contribution >= 4 is 170 Å². The third-order valence-corrected chi connectivity index (χ3v) is 11.1. The highest BCUT2D eigenvalue weighted by Gasteiger charge is 2.42. The van der Waals surface area contributed by atoms with E-state index in [0.29, 0.717) is 49.5 Å². The molecule has 1 aromatic heterocycles. The molecule has 0 bridgehead atoms. The summed E-state index contributed by atoms with van der Waals surface area (Å²) < 4.78 is 6.30. The molecule has 0 saturated heterocycles. The van der Waals surface area contributed by atoms with Gasteiger partial charge in [-0.15, -0.1) is 10.9 Å². The summed E-state index contributed by atoms with van der Waals surface area (Å²) >= 11 is 0. The van der Waals surface area contributed by atoms with Gasteiger partial charge in [0.1, 0.15) is 81.8 Å². The van der Waals surface area contributed by atoms with E-state index in [1.807, 2.05) is 61.2 Å². The summed E-state index contributed by atoms with van der Waals surface area (Å²) in [5, 5.41) is 3.29. The molecule has 2 nitrogen and oxygen atoms in total. The van der Waals surface area contributed by atoms with Gasteiger partial charge in [-0.05, 0) is 79.9 Å². The molecule has 0 spiro atoms. The van der Waals surface area contributed by atoms with Gasteiger partial charge in [-0.1, -0.05) is 113 Å². The van der Waals surface area contributed by atoms with Gasteiger partial charge in [-0.3, -0.25) is 0 Å². The second kappa shape index (κ2) is 12.3. The Morgan fingerprint density at radius 3 is 1.69 bits per heavy atom. The number of rotatable bonds is 4. The van der Waals surface area contributed by atoms with Crippen LogP contribution in [0.1, 0.15) is 25.0 Å². The van der Waals surface area contributed by atoms with Crippen LogP contribution in [0, 0.1) is 0 Å². The molecule has 1 aliphatic carbocycles. The van der Waals surface area contributed by atoms with Gasteiger partial charge in [0, 0.05) is 33.2 Å². The summed E-state index contributed by atoms with van der Waals surface area (Å²) in [7, 11) is 61.0. The van der Waals surface area contributed by atoms with Crippen molar-refractivity contribution in [2.75, 3.05) is 4.90 Å². The van der Waals surface area contributed by atoms with Crippen LogP contribution in [0.15, 0.2) is 101 Å². The van der Waals surface area contributed by atoms with Crippen LogP contribution in [0.3, 0.4) is 0 Å². The number of anilines is 3. The highest BCUT2D eigenvalue weighted by atomic mass is 16.3. The van der Waals surface area contributed by atoms with E-state index < -0.39 is 5.41 Å². The summed E-state index contributed by atoms with van der Waals surface area (Å²) in [6, 6.07) is 33.0. The average molecular weight is 666 g/mol. The minimum atomic E-state index is -0.816. The van der Waals surface area contributed by atoms with E-state index in [9.17, 15) is 0 Å². The number of fused-ring (bicyclic) bond motifs is 7. The van der Waals surface area contributed by atoms with Gasteiger partial charge in [0.15, 0.2) is 0 Å². The number of furan rings is 1. The van der Waals surface area contributed by atoms with E-state index in [2.05, 4.69) is 54.6 Å². The fourth-order valence-electron chi connectivity index (χ4n) is 8.51. The largest absolute Gasteiger partial charge is 0.457 e. The molecule has 8 aromatic rings. The van der Waals surface area contributed by atoms with Crippen molar-refractivity contribution in [1.82, 2.24) is 0 Å². The minimum absolute atomic E-state index is 0.123. The van der Waals surface area contributed by atoms with Gasteiger partial charge >= 0.3 is 0 Å². The Morgan fingerprint density at radius 1 is 0.444 bits per heavy atom. The van der Waals surface area contributed by atoms with Gasteiger partial charge in [0.2, 0.25) is 0 Å². The van der Waals surface area contributed by atoms with Crippen LogP contribution >= 0.6 is 0 Å². The molecule has 1 aliphatic rings. The second-order valence-corrected chi connectivity index (χ2v) is 14.5. The van der Waals surface area contributed by atoms with Crippen LogP contribution in [0.5, 0.6) is 0 Å². The zero-order chi connectivity index (χ0) is 38.0. The van der Waals surface area contributed by atoms with Gasteiger partial charge in [0.25, 0.3) is 0 Å². The molecule has 232 valence electrons. The molecular weight excluding hydrogens is 644 g/mol. The monoisotopic (exact) mass is 667 g/mol. The van der Waals surface area contributed by atoms with Crippen LogP contribution in [-0.2, 0) is 5.41 Å². The molecule has 0 aliphatic heterocycles. The van der Waals surface area contributed by atoms with E-state index in [1.54, 1.807) is 0 Å². The van der Waals surface area contributed by atoms with Crippen molar-refractivity contribution in [1.29, 1.82) is 0 Å². The molecule has 0 unspecified atom stereocenters. The van der Waals surface area contributed by atoms with E-state index in [4.69, 9.17) is 75.0 Å². The topological polar surface area (TPSA) is 16.4 Å². The number of benzene rings is 7. The van der Waals surface area contributed by atoms with E-state index in [1.165, 1.54) is 10.8 Å². The quantitative estimate of drug-likeness (QED) is 0.264. The predicted molar refractivity (Wildman–Crippen MR) is 237 cm³/mol. The van der Waals surface area contributed by atoms with Gasteiger partial charge in [0.05, 0.1) is 0 Å². The first-order valence-corrected chi connectivity index (χ1v) is 17.5. The molecule has 11 heteroatoms. The molecule has 7 aromatic carbocycles. The molecular formula is C43H22B9NO. The van der Waals surface area contributed by atoms with Crippen molar-refractivity contribution in [3.05, 3.63) is 108 Å². The lowest BCUT2D eigenvalue weighted by Crippen LogP contribution is -2.47. The van der Waals surface area contributed by atoms with Crippen molar-refractivity contribution in [3.63, 3.8) is 0 Å². The van der Waals surface area contributed by atoms with Gasteiger partial charge in [-0.25, -0.2) is 0 Å². The highest BCUT2D eigenvalue weighted by Crippen LogP contribution is 2.48. The summed E-state index contributed by atoms with van der Waals surface area (Å²) in [6.07, 6.45) is 0. The van der Waals surface area contributed by atoms with Gasteiger partial charge < -0.3 is 9.32 Å². The Hall–Kier alpha value is -5.02. The number of para-hydroxylation sites is 1. The predicted octanol–water partition coefficient (Wildman–Crippen LogP) is 1.33. The van der Waals surface area contributed by atoms with Crippen LogP contribution < -0.4 is 54.1 Å². The molecule has 0 saturated carbocycles. The fraction of sp³-hybridized carbons (Fsp3) is 0.0698. The number of hydrogen-bond donors (Lipinski definition) is 0. The maximum atomic E-state index is 7.33. The normalized spacial score (nSPS) is 13.1. The Bertz CT molecular complexity index is 2900. The molecule has 18 radical (unpaired) electrons. The average Bonchev–Trinajstić information content (AvgIpc) is 3.71. The molecule has 0 fully saturated rings. The summed E-state index contributed by atoms with van der Waals surface area (Å²) in [6.45, 7) is 4.07. The zero-order valence-electron chi connectivity index (χ0n) is 29.8. The van der Waals surface area contributed by atoms with Crippen LogP contribution in [0.25, 0.3) is 55.0 Å². The van der Waals surface area contributed by atoms with Crippen LogP contribution in [0.4, 0.5) is 17.1 Å². The Labute approximate surface area is 327 Å². The Kier molecular flexibility index (Phi) is 7.88. The number of nitrogens with zero attached hydrogens (tertiary/aromatic N) is 1. The number of hydrogen-bond acceptors (Lipinski definition) is 2. The van der Waals surface area contributed by atoms with Crippen molar-refractivity contribution in [3.8, 4) is 22.3 Å². The highest BCUT2D eigenvalue weighted by molar-refractivity contribution is 6.68. The molecule has 54 heavy (non-hydrogen) atoms. The van der Waals surface area contributed by atoms with E-state index in [0.717, 1.165) is 28.1 Å². The van der Waals surface area contributed by atoms with Gasteiger partial charge in [-0.2, -0.15) is 0 Å². The lowest BCUT2D eigenvalue weighted by molar-refractivity contribution is 0.666. The van der Waals surface area contributed by atoms with Crippen molar-refractivity contribution < 1.29 is 4.42 Å². The molecule has 9 rings (SSSR count). The fourth-order valence-corrected chi connectivity index (χ4v) is 8.51. The third-order valence-electron chi connectivity index (χ3n) is 11.1. The molecule has 0 N–H and O–H groups in total. The summed E-state index contributed by atoms with van der Waals surface area (Å²) in [5.74, 6) is 0. The Balaban J connectivity index is 1.27. The summed E-state index contributed by atoms with van der Waals surface area (Å²) in [4.78, 5) is 2.03. The maximum Gasteiger partial charge on any atom is 0.128 e. The smallest absolute Gasteiger partial charge is 0.128 e. The maximum absolute atomic E-state index is 7.33. The Morgan fingerprint density at radius 2 is 0.981 bits per heavy atom. The molecule has 0 amide bonds. The lowest BCUT2D eigenvalue weighted by atomic mass is 9.64. The first-order chi connectivity index (χ1) is 25.8. The summed E-state index contributed by atoms with van der Waals surface area (Å²) in [5.41, 5.74) is 9.06. The van der Waals surface area contributed by atoms with Crippen LogP contribution in [-0.4, -0.2) is 70.6 Å². The lowest BCUT2D eigenvalue weighted by Gasteiger charge is -2.34. The van der Waals surface area contributed by atoms with Crippen molar-refractivity contribution in [2.45, 2.75) is 19.3 Å².